The van der Waals surface area contributed by atoms with Crippen LogP contribution in [0.25, 0.3) is 0 Å². The lowest BCUT2D eigenvalue weighted by Crippen LogP contribution is -2.26. The van der Waals surface area contributed by atoms with E-state index >= 15 is 0 Å². The zero-order valence-corrected chi connectivity index (χ0v) is 10.8. The third-order valence-electron chi connectivity index (χ3n) is 2.79. The second-order valence-corrected chi connectivity index (χ2v) is 4.76. The first-order valence-electron chi connectivity index (χ1n) is 5.98. The lowest BCUT2D eigenvalue weighted by molar-refractivity contribution is -0.0142. The average Bonchev–Trinajstić information content (AvgIpc) is 2.25. The quantitative estimate of drug-likeness (QED) is 0.741. The fourth-order valence-corrected chi connectivity index (χ4v) is 1.38. The van der Waals surface area contributed by atoms with Crippen molar-refractivity contribution in [3.05, 3.63) is 29.8 Å². The van der Waals surface area contributed by atoms with E-state index in [-0.39, 0.29) is 5.60 Å². The number of ether oxygens (including phenoxy) is 1. The van der Waals surface area contributed by atoms with Crippen LogP contribution in [0.4, 0.5) is 5.69 Å². The van der Waals surface area contributed by atoms with E-state index in [1.807, 2.05) is 0 Å². The van der Waals surface area contributed by atoms with Crippen LogP contribution < -0.4 is 5.32 Å². The maximum atomic E-state index is 5.77. The zero-order valence-electron chi connectivity index (χ0n) is 10.8. The summed E-state index contributed by atoms with van der Waals surface area (Å²) in [4.78, 5) is 0. The molecule has 0 radical (unpaired) electrons. The van der Waals surface area contributed by atoms with E-state index in [0.717, 1.165) is 25.3 Å². The van der Waals surface area contributed by atoms with Crippen LogP contribution in [0.5, 0.6) is 0 Å². The molecule has 0 aromatic heterocycles. The Bertz CT molecular complexity index is 320. The minimum absolute atomic E-state index is 0.00567. The highest BCUT2D eigenvalue weighted by Gasteiger charge is 2.14. The molecule has 0 atom stereocenters. The lowest BCUT2D eigenvalue weighted by atomic mass is 10.1. The molecular weight excluding hydrogens is 198 g/mol. The maximum Gasteiger partial charge on any atom is 0.0646 e. The largest absolute Gasteiger partial charge is 0.383 e. The van der Waals surface area contributed by atoms with Crippen molar-refractivity contribution in [2.45, 2.75) is 39.7 Å². The summed E-state index contributed by atoms with van der Waals surface area (Å²) in [5.74, 6) is 0. The molecule has 16 heavy (non-hydrogen) atoms. The Morgan fingerprint density at radius 1 is 1.31 bits per heavy atom. The van der Waals surface area contributed by atoms with Crippen molar-refractivity contribution in [2.75, 3.05) is 18.5 Å². The smallest absolute Gasteiger partial charge is 0.0646 e. The summed E-state index contributed by atoms with van der Waals surface area (Å²) < 4.78 is 5.77. The standard InChI is InChI=1S/C14H23NO/c1-5-14(3,4)16-10-9-15-13-8-6-7-12(2)11-13/h6-8,11,15H,5,9-10H2,1-4H3. The predicted octanol–water partition coefficient (Wildman–Crippen LogP) is 3.61. The number of rotatable bonds is 6. The molecule has 0 fully saturated rings. The van der Waals surface area contributed by atoms with Gasteiger partial charge in [-0.05, 0) is 44.9 Å². The molecule has 0 aliphatic heterocycles. The van der Waals surface area contributed by atoms with Gasteiger partial charge >= 0.3 is 0 Å². The van der Waals surface area contributed by atoms with Gasteiger partial charge in [-0.3, -0.25) is 0 Å². The van der Waals surface area contributed by atoms with Crippen molar-refractivity contribution in [3.8, 4) is 0 Å². The molecule has 1 rings (SSSR count). The van der Waals surface area contributed by atoms with Gasteiger partial charge in [-0.2, -0.15) is 0 Å². The van der Waals surface area contributed by atoms with Crippen LogP contribution >= 0.6 is 0 Å². The van der Waals surface area contributed by atoms with Crippen molar-refractivity contribution in [1.29, 1.82) is 0 Å². The van der Waals surface area contributed by atoms with Gasteiger partial charge in [0.05, 0.1) is 12.2 Å². The molecule has 1 N–H and O–H groups in total. The Morgan fingerprint density at radius 3 is 2.69 bits per heavy atom. The Balaban J connectivity index is 2.26. The van der Waals surface area contributed by atoms with Crippen molar-refractivity contribution in [2.24, 2.45) is 0 Å². The molecule has 90 valence electrons. The third-order valence-corrected chi connectivity index (χ3v) is 2.79. The van der Waals surface area contributed by atoms with Crippen LogP contribution in [0.2, 0.25) is 0 Å². The zero-order chi connectivity index (χ0) is 12.0. The summed E-state index contributed by atoms with van der Waals surface area (Å²) in [7, 11) is 0. The van der Waals surface area contributed by atoms with Crippen molar-refractivity contribution < 1.29 is 4.74 Å². The van der Waals surface area contributed by atoms with E-state index in [1.54, 1.807) is 0 Å². The minimum Gasteiger partial charge on any atom is -0.383 e. The second-order valence-electron chi connectivity index (χ2n) is 4.76. The highest BCUT2D eigenvalue weighted by molar-refractivity contribution is 5.45. The van der Waals surface area contributed by atoms with E-state index in [0.29, 0.717) is 0 Å². The van der Waals surface area contributed by atoms with E-state index in [2.05, 4.69) is 57.3 Å². The molecule has 0 saturated carbocycles. The van der Waals surface area contributed by atoms with Gasteiger partial charge in [-0.1, -0.05) is 19.1 Å². The number of hydrogen-bond acceptors (Lipinski definition) is 2. The first-order valence-corrected chi connectivity index (χ1v) is 5.98. The van der Waals surface area contributed by atoms with Crippen LogP contribution in [-0.2, 0) is 4.74 Å². The first-order chi connectivity index (χ1) is 7.53. The number of nitrogens with one attached hydrogen (secondary N) is 1. The third kappa shape index (κ3) is 4.67. The summed E-state index contributed by atoms with van der Waals surface area (Å²) in [6, 6.07) is 8.39. The first kappa shape index (κ1) is 13.0. The maximum absolute atomic E-state index is 5.77. The molecule has 0 aliphatic carbocycles. The van der Waals surface area contributed by atoms with Crippen LogP contribution in [0.3, 0.4) is 0 Å². The van der Waals surface area contributed by atoms with Gasteiger partial charge < -0.3 is 10.1 Å². The monoisotopic (exact) mass is 221 g/mol. The number of hydrogen-bond donors (Lipinski definition) is 1. The summed E-state index contributed by atoms with van der Waals surface area (Å²) in [6.45, 7) is 10.1. The molecule has 0 bridgehead atoms. The number of aryl methyl sites for hydroxylation is 1. The van der Waals surface area contributed by atoms with E-state index < -0.39 is 0 Å². The number of benzene rings is 1. The Hall–Kier alpha value is -1.02. The van der Waals surface area contributed by atoms with Gasteiger partial charge in [-0.25, -0.2) is 0 Å². The highest BCUT2D eigenvalue weighted by Crippen LogP contribution is 2.13. The van der Waals surface area contributed by atoms with Crippen molar-refractivity contribution >= 4 is 5.69 Å². The van der Waals surface area contributed by atoms with Crippen molar-refractivity contribution in [3.63, 3.8) is 0 Å². The second kappa shape index (κ2) is 5.90. The Labute approximate surface area is 99.0 Å². The van der Waals surface area contributed by atoms with Crippen molar-refractivity contribution in [1.82, 2.24) is 0 Å². The molecule has 1 aromatic carbocycles. The summed E-state index contributed by atoms with van der Waals surface area (Å²) in [5.41, 5.74) is 2.44. The molecule has 0 spiro atoms. The molecule has 0 amide bonds. The minimum atomic E-state index is -0.00567. The fraction of sp³-hybridized carbons (Fsp3) is 0.571. The van der Waals surface area contributed by atoms with Crippen LogP contribution in [0.15, 0.2) is 24.3 Å². The van der Waals surface area contributed by atoms with Gasteiger partial charge in [0.15, 0.2) is 0 Å². The molecule has 2 nitrogen and oxygen atoms in total. The van der Waals surface area contributed by atoms with Gasteiger partial charge in [0.25, 0.3) is 0 Å². The topological polar surface area (TPSA) is 21.3 Å². The van der Waals surface area contributed by atoms with Gasteiger partial charge in [0.1, 0.15) is 0 Å². The summed E-state index contributed by atoms with van der Waals surface area (Å²) >= 11 is 0. The van der Waals surface area contributed by atoms with Crippen LogP contribution in [0.1, 0.15) is 32.8 Å². The molecule has 0 saturated heterocycles. The fourth-order valence-electron chi connectivity index (χ4n) is 1.38. The molecule has 0 aliphatic rings. The van der Waals surface area contributed by atoms with Gasteiger partial charge in [-0.15, -0.1) is 0 Å². The predicted molar refractivity (Wildman–Crippen MR) is 70.0 cm³/mol. The number of anilines is 1. The SMILES string of the molecule is CCC(C)(C)OCCNc1cccc(C)c1. The molecule has 2 heteroatoms. The average molecular weight is 221 g/mol. The summed E-state index contributed by atoms with van der Waals surface area (Å²) in [6.07, 6.45) is 1.04. The highest BCUT2D eigenvalue weighted by atomic mass is 16.5. The van der Waals surface area contributed by atoms with Crippen LogP contribution in [0, 0.1) is 6.92 Å². The van der Waals surface area contributed by atoms with E-state index in [4.69, 9.17) is 4.74 Å². The Kier molecular flexibility index (Phi) is 4.81. The van der Waals surface area contributed by atoms with Gasteiger partial charge in [0, 0.05) is 12.2 Å². The summed E-state index contributed by atoms with van der Waals surface area (Å²) in [5, 5.41) is 3.36. The molecule has 0 unspecified atom stereocenters. The molecule has 1 aromatic rings. The lowest BCUT2D eigenvalue weighted by Gasteiger charge is -2.23. The molecular formula is C14H23NO. The molecule has 0 heterocycles. The van der Waals surface area contributed by atoms with Crippen LogP contribution in [-0.4, -0.2) is 18.8 Å². The van der Waals surface area contributed by atoms with E-state index in [1.165, 1.54) is 5.56 Å². The Morgan fingerprint density at radius 2 is 2.06 bits per heavy atom. The normalized spacial score (nSPS) is 11.5. The van der Waals surface area contributed by atoms with E-state index in [9.17, 15) is 0 Å². The van der Waals surface area contributed by atoms with Gasteiger partial charge in [0.2, 0.25) is 0 Å².